The maximum Gasteiger partial charge on any atom is 0.338 e. The number of fused-ring (bicyclic) bond motifs is 1. The highest BCUT2D eigenvalue weighted by Crippen LogP contribution is 2.30. The Morgan fingerprint density at radius 3 is 2.61 bits per heavy atom. The standard InChI is InChI=1S/C22H20N4O6S/c1-2-31-21(29)18-15(23-22(30)24-19(18)16-8-5-9-33-16)11-32-17(27)10-14-12-6-3-4-7-13(12)20(28)26-25-14/h3-9,19H,2,10-11H2,1H3,(H,26,28)(H2,23,24,30)/t19-/m1/s1. The van der Waals surface area contributed by atoms with Gasteiger partial charge in [0.2, 0.25) is 0 Å². The zero-order valence-corrected chi connectivity index (χ0v) is 18.4. The van der Waals surface area contributed by atoms with Crippen LogP contribution in [-0.2, 0) is 25.5 Å². The quantitative estimate of drug-likeness (QED) is 0.450. The Balaban J connectivity index is 1.57. The van der Waals surface area contributed by atoms with Crippen molar-refractivity contribution in [2.24, 2.45) is 0 Å². The van der Waals surface area contributed by atoms with Crippen LogP contribution in [0, 0.1) is 0 Å². The number of hydrogen-bond acceptors (Lipinski definition) is 8. The smallest absolute Gasteiger partial charge is 0.338 e. The summed E-state index contributed by atoms with van der Waals surface area (Å²) in [6.07, 6.45) is -0.208. The fraction of sp³-hybridized carbons (Fsp3) is 0.227. The van der Waals surface area contributed by atoms with Crippen LogP contribution in [0.5, 0.6) is 0 Å². The third kappa shape index (κ3) is 4.77. The lowest BCUT2D eigenvalue weighted by Gasteiger charge is -2.28. The zero-order chi connectivity index (χ0) is 23.4. The number of thiophene rings is 1. The number of aromatic nitrogens is 2. The third-order valence-electron chi connectivity index (χ3n) is 4.94. The van der Waals surface area contributed by atoms with Gasteiger partial charge in [-0.05, 0) is 24.4 Å². The molecule has 2 amide bonds. The van der Waals surface area contributed by atoms with Crippen molar-refractivity contribution in [3.05, 3.63) is 74.0 Å². The SMILES string of the molecule is CCOC(=O)C1=C(COC(=O)Cc2n[nH]c(=O)c3ccccc23)NC(=O)N[C@@H]1c1cccs1. The van der Waals surface area contributed by atoms with E-state index in [4.69, 9.17) is 9.47 Å². The van der Waals surface area contributed by atoms with Gasteiger partial charge in [0, 0.05) is 10.3 Å². The fourth-order valence-electron chi connectivity index (χ4n) is 3.50. The number of ether oxygens (including phenoxy) is 2. The van der Waals surface area contributed by atoms with E-state index in [1.54, 1.807) is 43.3 Å². The molecule has 3 N–H and O–H groups in total. The summed E-state index contributed by atoms with van der Waals surface area (Å²) in [6.45, 7) is 1.48. The van der Waals surface area contributed by atoms with Gasteiger partial charge in [-0.1, -0.05) is 24.3 Å². The van der Waals surface area contributed by atoms with Crippen molar-refractivity contribution >= 4 is 40.1 Å². The van der Waals surface area contributed by atoms with Crippen LogP contribution in [0.2, 0.25) is 0 Å². The average molecular weight is 468 g/mol. The van der Waals surface area contributed by atoms with E-state index in [9.17, 15) is 19.2 Å². The number of hydrogen-bond donors (Lipinski definition) is 3. The lowest BCUT2D eigenvalue weighted by Crippen LogP contribution is -2.47. The van der Waals surface area contributed by atoms with Crippen LogP contribution in [-0.4, -0.2) is 41.4 Å². The second kappa shape index (κ2) is 9.65. The second-order valence-electron chi connectivity index (χ2n) is 7.04. The molecule has 1 atom stereocenters. The Hall–Kier alpha value is -3.99. The predicted molar refractivity (Wildman–Crippen MR) is 119 cm³/mol. The van der Waals surface area contributed by atoms with Crippen molar-refractivity contribution in [2.45, 2.75) is 19.4 Å². The van der Waals surface area contributed by atoms with Gasteiger partial charge in [-0.15, -0.1) is 11.3 Å². The maximum atomic E-state index is 12.7. The summed E-state index contributed by atoms with van der Waals surface area (Å²) in [5.41, 5.74) is 0.298. The minimum atomic E-state index is -0.726. The Kier molecular flexibility index (Phi) is 6.50. The summed E-state index contributed by atoms with van der Waals surface area (Å²) in [5.74, 6) is -1.27. The fourth-order valence-corrected chi connectivity index (χ4v) is 4.28. The second-order valence-corrected chi connectivity index (χ2v) is 8.02. The predicted octanol–water partition coefficient (Wildman–Crippen LogP) is 1.94. The average Bonchev–Trinajstić information content (AvgIpc) is 3.34. The summed E-state index contributed by atoms with van der Waals surface area (Å²) in [7, 11) is 0. The van der Waals surface area contributed by atoms with Crippen LogP contribution in [0.15, 0.2) is 57.8 Å². The van der Waals surface area contributed by atoms with Gasteiger partial charge in [0.05, 0.1) is 41.4 Å². The molecule has 3 heterocycles. The highest BCUT2D eigenvalue weighted by Gasteiger charge is 2.34. The number of aromatic amines is 1. The van der Waals surface area contributed by atoms with E-state index in [0.29, 0.717) is 16.5 Å². The van der Waals surface area contributed by atoms with E-state index in [-0.39, 0.29) is 36.5 Å². The van der Waals surface area contributed by atoms with Crippen LogP contribution < -0.4 is 16.2 Å². The lowest BCUT2D eigenvalue weighted by molar-refractivity contribution is -0.143. The first-order valence-electron chi connectivity index (χ1n) is 10.1. The molecule has 10 nitrogen and oxygen atoms in total. The number of nitrogens with one attached hydrogen (secondary N) is 3. The van der Waals surface area contributed by atoms with E-state index < -0.39 is 24.0 Å². The largest absolute Gasteiger partial charge is 0.463 e. The first kappa shape index (κ1) is 22.2. The minimum absolute atomic E-state index is 0.142. The van der Waals surface area contributed by atoms with Gasteiger partial charge in [0.15, 0.2) is 0 Å². The Morgan fingerprint density at radius 2 is 1.88 bits per heavy atom. The first-order chi connectivity index (χ1) is 16.0. The van der Waals surface area contributed by atoms with Crippen LogP contribution in [0.4, 0.5) is 4.79 Å². The molecule has 0 saturated heterocycles. The number of nitrogens with zero attached hydrogens (tertiary/aromatic N) is 1. The minimum Gasteiger partial charge on any atom is -0.463 e. The van der Waals surface area contributed by atoms with Gasteiger partial charge >= 0.3 is 18.0 Å². The molecule has 11 heteroatoms. The molecule has 0 fully saturated rings. The van der Waals surface area contributed by atoms with Crippen molar-refractivity contribution in [1.29, 1.82) is 0 Å². The molecule has 1 aliphatic heterocycles. The summed E-state index contributed by atoms with van der Waals surface area (Å²) >= 11 is 1.37. The Morgan fingerprint density at radius 1 is 1.09 bits per heavy atom. The van der Waals surface area contributed by atoms with Gasteiger partial charge in [0.25, 0.3) is 5.56 Å². The number of carbonyl (C=O) groups excluding carboxylic acids is 3. The van der Waals surface area contributed by atoms with Crippen molar-refractivity contribution in [2.75, 3.05) is 13.2 Å². The number of benzene rings is 1. The Bertz CT molecular complexity index is 1300. The van der Waals surface area contributed by atoms with Crippen molar-refractivity contribution in [3.8, 4) is 0 Å². The van der Waals surface area contributed by atoms with Crippen LogP contribution in [0.25, 0.3) is 10.8 Å². The number of rotatable bonds is 7. The van der Waals surface area contributed by atoms with Gasteiger partial charge in [-0.2, -0.15) is 5.10 Å². The molecule has 4 rings (SSSR count). The van der Waals surface area contributed by atoms with Gasteiger partial charge in [0.1, 0.15) is 6.61 Å². The van der Waals surface area contributed by atoms with Gasteiger partial charge in [-0.3, -0.25) is 9.59 Å². The van der Waals surface area contributed by atoms with E-state index >= 15 is 0 Å². The molecule has 0 spiro atoms. The van der Waals surface area contributed by atoms with Gasteiger partial charge < -0.3 is 20.1 Å². The summed E-state index contributed by atoms with van der Waals surface area (Å²) in [4.78, 5) is 50.1. The molecule has 33 heavy (non-hydrogen) atoms. The van der Waals surface area contributed by atoms with Crippen molar-refractivity contribution < 1.29 is 23.9 Å². The molecule has 0 bridgehead atoms. The first-order valence-corrected chi connectivity index (χ1v) is 11.0. The molecule has 1 aliphatic rings. The van der Waals surface area contributed by atoms with E-state index in [0.717, 1.165) is 4.88 Å². The van der Waals surface area contributed by atoms with Crippen molar-refractivity contribution in [1.82, 2.24) is 20.8 Å². The molecule has 1 aromatic carbocycles. The highest BCUT2D eigenvalue weighted by molar-refractivity contribution is 7.10. The molecule has 0 saturated carbocycles. The number of urea groups is 1. The third-order valence-corrected chi connectivity index (χ3v) is 5.88. The number of esters is 2. The van der Waals surface area contributed by atoms with E-state index in [2.05, 4.69) is 20.8 Å². The molecule has 170 valence electrons. The summed E-state index contributed by atoms with van der Waals surface area (Å²) in [6, 6.07) is 9.12. The summed E-state index contributed by atoms with van der Waals surface area (Å²) < 4.78 is 10.5. The van der Waals surface area contributed by atoms with E-state index in [1.807, 2.05) is 5.38 Å². The van der Waals surface area contributed by atoms with Gasteiger partial charge in [-0.25, -0.2) is 14.7 Å². The summed E-state index contributed by atoms with van der Waals surface area (Å²) in [5, 5.41) is 14.4. The molecule has 3 aromatic rings. The Labute approximate surface area is 191 Å². The van der Waals surface area contributed by atoms with Crippen LogP contribution in [0.1, 0.15) is 23.5 Å². The van der Waals surface area contributed by atoms with Crippen LogP contribution >= 0.6 is 11.3 Å². The van der Waals surface area contributed by atoms with Crippen LogP contribution in [0.3, 0.4) is 0 Å². The number of amides is 2. The van der Waals surface area contributed by atoms with Crippen molar-refractivity contribution in [3.63, 3.8) is 0 Å². The zero-order valence-electron chi connectivity index (χ0n) is 17.5. The topological polar surface area (TPSA) is 139 Å². The highest BCUT2D eigenvalue weighted by atomic mass is 32.1. The molecule has 0 aliphatic carbocycles. The maximum absolute atomic E-state index is 12.7. The monoisotopic (exact) mass is 468 g/mol. The number of carbonyl (C=O) groups is 3. The molecular weight excluding hydrogens is 448 g/mol. The molecule has 2 aromatic heterocycles. The normalized spacial score (nSPS) is 15.7. The van der Waals surface area contributed by atoms with E-state index in [1.165, 1.54) is 11.3 Å². The molecule has 0 radical (unpaired) electrons. The molecular formula is C22H20N4O6S. The number of H-pyrrole nitrogens is 1. The lowest BCUT2D eigenvalue weighted by atomic mass is 10.0. The molecule has 0 unspecified atom stereocenters.